The molecule has 2 aromatic heterocycles. The summed E-state index contributed by atoms with van der Waals surface area (Å²) in [5.74, 6) is 0.652. The Labute approximate surface area is 168 Å². The molecule has 29 heavy (non-hydrogen) atoms. The van der Waals surface area contributed by atoms with Gasteiger partial charge in [0, 0.05) is 49.2 Å². The smallest absolute Gasteiger partial charge is 0.251 e. The van der Waals surface area contributed by atoms with Crippen molar-refractivity contribution in [3.05, 3.63) is 48.3 Å². The monoisotopic (exact) mass is 391 g/mol. The summed E-state index contributed by atoms with van der Waals surface area (Å²) in [6, 6.07) is 9.19. The number of carbonyl (C=O) groups is 1. The Morgan fingerprint density at radius 3 is 2.45 bits per heavy atom. The van der Waals surface area contributed by atoms with Crippen molar-refractivity contribution in [2.24, 2.45) is 0 Å². The molecule has 9 heteroatoms. The second-order valence-electron chi connectivity index (χ2n) is 6.53. The first-order valence-corrected chi connectivity index (χ1v) is 9.26. The summed E-state index contributed by atoms with van der Waals surface area (Å²) in [5, 5.41) is 2.64. The molecule has 0 spiro atoms. The maximum Gasteiger partial charge on any atom is 0.251 e. The Hall–Kier alpha value is -3.59. The van der Waals surface area contributed by atoms with E-state index in [4.69, 9.17) is 20.4 Å². The number of anilines is 2. The molecule has 1 aromatic carbocycles. The summed E-state index contributed by atoms with van der Waals surface area (Å²) in [4.78, 5) is 31.7. The van der Waals surface area contributed by atoms with E-state index in [1.165, 1.54) is 0 Å². The Balaban J connectivity index is 1.81. The van der Waals surface area contributed by atoms with Gasteiger partial charge in [-0.1, -0.05) is 12.1 Å². The van der Waals surface area contributed by atoms with Crippen LogP contribution in [0.15, 0.2) is 42.7 Å². The molecular formula is C20H21N7O2. The van der Waals surface area contributed by atoms with Crippen molar-refractivity contribution in [1.29, 1.82) is 0 Å². The summed E-state index contributed by atoms with van der Waals surface area (Å²) in [7, 11) is 1.61. The van der Waals surface area contributed by atoms with Gasteiger partial charge in [-0.2, -0.15) is 0 Å². The second kappa shape index (κ2) is 8.19. The third-order valence-electron chi connectivity index (χ3n) is 4.62. The Morgan fingerprint density at radius 2 is 1.76 bits per heavy atom. The number of nitrogens with two attached hydrogens (primary N) is 1. The van der Waals surface area contributed by atoms with Crippen molar-refractivity contribution < 1.29 is 9.53 Å². The summed E-state index contributed by atoms with van der Waals surface area (Å²) in [6.45, 7) is 2.67. The first-order valence-electron chi connectivity index (χ1n) is 9.26. The van der Waals surface area contributed by atoms with Crippen molar-refractivity contribution in [2.45, 2.75) is 0 Å². The number of hydrogen-bond acceptors (Lipinski definition) is 8. The number of amides is 1. The number of ether oxygens (including phenoxy) is 1. The first-order chi connectivity index (χ1) is 14.1. The number of morpholine rings is 1. The number of benzene rings is 1. The van der Waals surface area contributed by atoms with Crippen LogP contribution in [0.5, 0.6) is 0 Å². The number of carbonyl (C=O) groups excluding carboxylic acids is 1. The van der Waals surface area contributed by atoms with Crippen molar-refractivity contribution in [2.75, 3.05) is 44.0 Å². The third-order valence-corrected chi connectivity index (χ3v) is 4.62. The number of nitrogens with one attached hydrogen (secondary N) is 1. The quantitative estimate of drug-likeness (QED) is 0.685. The molecule has 3 N–H and O–H groups in total. The maximum atomic E-state index is 12.0. The van der Waals surface area contributed by atoms with Crippen LogP contribution in [-0.4, -0.2) is 59.2 Å². The van der Waals surface area contributed by atoms with Crippen LogP contribution >= 0.6 is 0 Å². The molecule has 1 aliphatic heterocycles. The molecule has 4 rings (SSSR count). The molecule has 0 radical (unpaired) electrons. The summed E-state index contributed by atoms with van der Waals surface area (Å²) < 4.78 is 5.44. The van der Waals surface area contributed by atoms with Gasteiger partial charge >= 0.3 is 0 Å². The topological polar surface area (TPSA) is 119 Å². The SMILES string of the molecule is CNC(=O)c1cccc(-c2cc(-c3cnc(N)nc3)nc(N3CCOCC3)n2)c1. The molecule has 1 saturated heterocycles. The summed E-state index contributed by atoms with van der Waals surface area (Å²) >= 11 is 0. The van der Waals surface area contributed by atoms with E-state index >= 15 is 0 Å². The zero-order valence-electron chi connectivity index (χ0n) is 16.0. The van der Waals surface area contributed by atoms with Crippen molar-refractivity contribution >= 4 is 17.8 Å². The minimum Gasteiger partial charge on any atom is -0.378 e. The van der Waals surface area contributed by atoms with Crippen LogP contribution in [0.25, 0.3) is 22.5 Å². The van der Waals surface area contributed by atoms with Gasteiger partial charge in [0.15, 0.2) is 0 Å². The van der Waals surface area contributed by atoms with E-state index in [-0.39, 0.29) is 11.9 Å². The highest BCUT2D eigenvalue weighted by molar-refractivity contribution is 5.95. The van der Waals surface area contributed by atoms with Crippen LogP contribution < -0.4 is 16.0 Å². The van der Waals surface area contributed by atoms with Crippen LogP contribution in [0, 0.1) is 0 Å². The zero-order valence-corrected chi connectivity index (χ0v) is 16.0. The molecule has 0 aliphatic carbocycles. The average Bonchev–Trinajstić information content (AvgIpc) is 2.79. The third kappa shape index (κ3) is 4.14. The normalized spacial score (nSPS) is 13.9. The van der Waals surface area contributed by atoms with E-state index in [0.29, 0.717) is 49.2 Å². The Morgan fingerprint density at radius 1 is 1.07 bits per heavy atom. The lowest BCUT2D eigenvalue weighted by atomic mass is 10.1. The lowest BCUT2D eigenvalue weighted by Gasteiger charge is -2.27. The fourth-order valence-electron chi connectivity index (χ4n) is 3.07. The minimum atomic E-state index is -0.151. The van der Waals surface area contributed by atoms with E-state index in [0.717, 1.165) is 11.1 Å². The van der Waals surface area contributed by atoms with Gasteiger partial charge in [0.2, 0.25) is 11.9 Å². The van der Waals surface area contributed by atoms with Crippen molar-refractivity contribution in [3.63, 3.8) is 0 Å². The molecule has 3 aromatic rings. The van der Waals surface area contributed by atoms with Crippen LogP contribution in [0.2, 0.25) is 0 Å². The molecular weight excluding hydrogens is 370 g/mol. The minimum absolute atomic E-state index is 0.151. The van der Waals surface area contributed by atoms with Gasteiger partial charge in [-0.15, -0.1) is 0 Å². The summed E-state index contributed by atoms with van der Waals surface area (Å²) in [5.41, 5.74) is 9.13. The lowest BCUT2D eigenvalue weighted by Crippen LogP contribution is -2.37. The molecule has 0 unspecified atom stereocenters. The highest BCUT2D eigenvalue weighted by atomic mass is 16.5. The van der Waals surface area contributed by atoms with Gasteiger partial charge in [-0.3, -0.25) is 4.79 Å². The average molecular weight is 391 g/mol. The first kappa shape index (κ1) is 18.8. The number of aromatic nitrogens is 4. The van der Waals surface area contributed by atoms with Gasteiger partial charge in [0.25, 0.3) is 5.91 Å². The number of rotatable bonds is 4. The molecule has 0 bridgehead atoms. The van der Waals surface area contributed by atoms with E-state index in [1.54, 1.807) is 25.5 Å². The molecule has 1 amide bonds. The van der Waals surface area contributed by atoms with Crippen LogP contribution in [-0.2, 0) is 4.74 Å². The molecule has 0 saturated carbocycles. The predicted molar refractivity (Wildman–Crippen MR) is 109 cm³/mol. The van der Waals surface area contributed by atoms with Gasteiger partial charge < -0.3 is 20.7 Å². The van der Waals surface area contributed by atoms with Crippen LogP contribution in [0.3, 0.4) is 0 Å². The molecule has 148 valence electrons. The molecule has 3 heterocycles. The van der Waals surface area contributed by atoms with E-state index < -0.39 is 0 Å². The van der Waals surface area contributed by atoms with E-state index in [2.05, 4.69) is 20.2 Å². The van der Waals surface area contributed by atoms with Crippen molar-refractivity contribution in [3.8, 4) is 22.5 Å². The Bertz CT molecular complexity index is 1020. The van der Waals surface area contributed by atoms with Gasteiger partial charge in [-0.25, -0.2) is 19.9 Å². The molecule has 9 nitrogen and oxygen atoms in total. The van der Waals surface area contributed by atoms with Gasteiger partial charge in [0.1, 0.15) is 0 Å². The maximum absolute atomic E-state index is 12.0. The lowest BCUT2D eigenvalue weighted by molar-refractivity contribution is 0.0963. The van der Waals surface area contributed by atoms with Gasteiger partial charge in [0.05, 0.1) is 24.6 Å². The standard InChI is InChI=1S/C20H21N7O2/c1-22-18(28)14-4-2-3-13(9-14)16-10-17(15-11-23-19(21)24-12-15)26-20(25-16)27-5-7-29-8-6-27/h2-4,9-12H,5-8H2,1H3,(H,22,28)(H2,21,23,24). The number of nitrogen functional groups attached to an aromatic ring is 1. The molecule has 1 aliphatic rings. The summed E-state index contributed by atoms with van der Waals surface area (Å²) in [6.07, 6.45) is 3.27. The predicted octanol–water partition coefficient (Wildman–Crippen LogP) is 1.38. The number of nitrogens with zero attached hydrogens (tertiary/aromatic N) is 5. The van der Waals surface area contributed by atoms with Crippen LogP contribution in [0.4, 0.5) is 11.9 Å². The fourth-order valence-corrected chi connectivity index (χ4v) is 3.07. The van der Waals surface area contributed by atoms with Crippen LogP contribution in [0.1, 0.15) is 10.4 Å². The number of hydrogen-bond donors (Lipinski definition) is 2. The highest BCUT2D eigenvalue weighted by Crippen LogP contribution is 2.27. The van der Waals surface area contributed by atoms with Crippen molar-refractivity contribution in [1.82, 2.24) is 25.3 Å². The van der Waals surface area contributed by atoms with Gasteiger partial charge in [-0.05, 0) is 18.2 Å². The fraction of sp³-hybridized carbons (Fsp3) is 0.250. The van der Waals surface area contributed by atoms with E-state index in [1.807, 2.05) is 24.3 Å². The second-order valence-corrected chi connectivity index (χ2v) is 6.53. The molecule has 0 atom stereocenters. The zero-order chi connectivity index (χ0) is 20.2. The highest BCUT2D eigenvalue weighted by Gasteiger charge is 2.18. The molecule has 1 fully saturated rings. The largest absolute Gasteiger partial charge is 0.378 e. The Kier molecular flexibility index (Phi) is 5.30. The van der Waals surface area contributed by atoms with E-state index in [9.17, 15) is 4.79 Å².